The van der Waals surface area contributed by atoms with Gasteiger partial charge in [0.2, 0.25) is 0 Å². The van der Waals surface area contributed by atoms with Gasteiger partial charge in [0.25, 0.3) is 0 Å². The molecule has 2 atom stereocenters. The second-order valence-corrected chi connectivity index (χ2v) is 4.74. The van der Waals surface area contributed by atoms with E-state index in [2.05, 4.69) is 48.4 Å². The van der Waals surface area contributed by atoms with E-state index >= 15 is 0 Å². The maximum absolute atomic E-state index is 9.22. The molecule has 0 fully saturated rings. The Balaban J connectivity index is 2.05. The van der Waals surface area contributed by atoms with E-state index in [1.54, 1.807) is 12.5 Å². The van der Waals surface area contributed by atoms with Crippen LogP contribution in [0.1, 0.15) is 31.9 Å². The Hall–Kier alpha value is -1.65. The van der Waals surface area contributed by atoms with Crippen molar-refractivity contribution >= 4 is 0 Å². The minimum atomic E-state index is 0.156. The maximum atomic E-state index is 9.22. The topological polar surface area (TPSA) is 50.1 Å². The Bertz CT molecular complexity index is 475. The smallest absolute Gasteiger partial charge is 0.0991 e. The number of imidazole rings is 1. The van der Waals surface area contributed by atoms with E-state index in [0.717, 1.165) is 12.1 Å². The summed E-state index contributed by atoms with van der Waals surface area (Å²) in [5.74, 6) is 0. The lowest BCUT2D eigenvalue weighted by Gasteiger charge is -2.21. The second-order valence-electron chi connectivity index (χ2n) is 4.74. The fraction of sp³-hybridized carbons (Fsp3) is 0.400. The first-order chi connectivity index (χ1) is 9.24. The lowest BCUT2D eigenvalue weighted by atomic mass is 10.1. The van der Waals surface area contributed by atoms with E-state index in [0.29, 0.717) is 0 Å². The van der Waals surface area contributed by atoms with Crippen LogP contribution in [-0.2, 0) is 0 Å². The van der Waals surface area contributed by atoms with Crippen LogP contribution in [0.2, 0.25) is 0 Å². The maximum Gasteiger partial charge on any atom is 0.0991 e. The number of aromatic nitrogens is 2. The summed E-state index contributed by atoms with van der Waals surface area (Å²) in [7, 11) is 0. The van der Waals surface area contributed by atoms with Crippen LogP contribution in [0.4, 0.5) is 0 Å². The summed E-state index contributed by atoms with van der Waals surface area (Å²) >= 11 is 0. The van der Waals surface area contributed by atoms with Crippen LogP contribution < -0.4 is 5.32 Å². The average molecular weight is 259 g/mol. The quantitative estimate of drug-likeness (QED) is 0.837. The molecule has 0 aliphatic carbocycles. The third-order valence-electron chi connectivity index (χ3n) is 3.39. The number of aliphatic hydroxyl groups is 1. The molecule has 0 bridgehead atoms. The van der Waals surface area contributed by atoms with Gasteiger partial charge in [0.05, 0.1) is 12.9 Å². The summed E-state index contributed by atoms with van der Waals surface area (Å²) < 4.78 is 1.98. The lowest BCUT2D eigenvalue weighted by molar-refractivity contribution is 0.230. The van der Waals surface area contributed by atoms with Gasteiger partial charge in [-0.1, -0.05) is 19.1 Å². The molecule has 1 aromatic heterocycles. The first kappa shape index (κ1) is 13.8. The average Bonchev–Trinajstić information content (AvgIpc) is 2.99. The zero-order chi connectivity index (χ0) is 13.7. The molecule has 102 valence electrons. The molecule has 19 heavy (non-hydrogen) atoms. The highest BCUT2D eigenvalue weighted by atomic mass is 16.3. The van der Waals surface area contributed by atoms with Gasteiger partial charge in [-0.2, -0.15) is 0 Å². The van der Waals surface area contributed by atoms with Crippen molar-refractivity contribution in [3.63, 3.8) is 0 Å². The van der Waals surface area contributed by atoms with Crippen molar-refractivity contribution in [1.82, 2.24) is 14.9 Å². The van der Waals surface area contributed by atoms with Crippen LogP contribution in [0, 0.1) is 0 Å². The molecule has 0 amide bonds. The van der Waals surface area contributed by atoms with Crippen LogP contribution in [0.5, 0.6) is 0 Å². The summed E-state index contributed by atoms with van der Waals surface area (Å²) in [4.78, 5) is 4.04. The number of nitrogens with zero attached hydrogens (tertiary/aromatic N) is 2. The second kappa shape index (κ2) is 6.50. The molecule has 0 aliphatic heterocycles. The first-order valence-corrected chi connectivity index (χ1v) is 6.69. The normalized spacial score (nSPS) is 14.3. The molecule has 1 heterocycles. The van der Waals surface area contributed by atoms with Crippen LogP contribution >= 0.6 is 0 Å². The zero-order valence-electron chi connectivity index (χ0n) is 11.5. The molecule has 0 radical (unpaired) electrons. The highest BCUT2D eigenvalue weighted by Crippen LogP contribution is 2.16. The molecule has 2 N–H and O–H groups in total. The molecule has 0 saturated heterocycles. The van der Waals surface area contributed by atoms with Crippen molar-refractivity contribution < 1.29 is 5.11 Å². The van der Waals surface area contributed by atoms with E-state index in [1.165, 1.54) is 5.56 Å². The van der Waals surface area contributed by atoms with Gasteiger partial charge in [-0.15, -0.1) is 0 Å². The number of rotatable bonds is 6. The molecule has 0 saturated carbocycles. The summed E-state index contributed by atoms with van der Waals surface area (Å²) in [6.45, 7) is 4.36. The van der Waals surface area contributed by atoms with Gasteiger partial charge in [-0.05, 0) is 31.0 Å². The van der Waals surface area contributed by atoms with Gasteiger partial charge in [-0.3, -0.25) is 0 Å². The highest BCUT2D eigenvalue weighted by molar-refractivity contribution is 5.35. The van der Waals surface area contributed by atoms with Crippen molar-refractivity contribution in [2.24, 2.45) is 0 Å². The number of aliphatic hydroxyl groups excluding tert-OH is 1. The number of hydrogen-bond donors (Lipinski definition) is 2. The van der Waals surface area contributed by atoms with Crippen molar-refractivity contribution in [3.8, 4) is 5.69 Å². The highest BCUT2D eigenvalue weighted by Gasteiger charge is 2.10. The van der Waals surface area contributed by atoms with E-state index in [-0.39, 0.29) is 18.7 Å². The summed E-state index contributed by atoms with van der Waals surface area (Å²) in [5.41, 5.74) is 2.32. The number of hydrogen-bond acceptors (Lipinski definition) is 3. The van der Waals surface area contributed by atoms with Gasteiger partial charge >= 0.3 is 0 Å². The Morgan fingerprint density at radius 2 is 2.05 bits per heavy atom. The Labute approximate surface area is 114 Å². The Kier molecular flexibility index (Phi) is 4.71. The molecule has 2 rings (SSSR count). The standard InChI is InChI=1S/C15H21N3O/c1-3-14(10-19)17-12(2)13-4-6-15(7-5-13)18-9-8-16-11-18/h4-9,11-12,14,17,19H,3,10H2,1-2H3/t12?,14-/m0/s1. The first-order valence-electron chi connectivity index (χ1n) is 6.69. The van der Waals surface area contributed by atoms with Crippen molar-refractivity contribution in [3.05, 3.63) is 48.5 Å². The van der Waals surface area contributed by atoms with E-state index < -0.39 is 0 Å². The molecule has 0 spiro atoms. The Morgan fingerprint density at radius 3 is 2.58 bits per heavy atom. The summed E-state index contributed by atoms with van der Waals surface area (Å²) in [6, 6.07) is 8.76. The van der Waals surface area contributed by atoms with Gasteiger partial charge in [0.15, 0.2) is 0 Å². The van der Waals surface area contributed by atoms with Crippen molar-refractivity contribution in [2.45, 2.75) is 32.4 Å². The minimum absolute atomic E-state index is 0.156. The molecule has 4 heteroatoms. The molecule has 1 unspecified atom stereocenters. The largest absolute Gasteiger partial charge is 0.395 e. The molecule has 1 aromatic carbocycles. The fourth-order valence-corrected chi connectivity index (χ4v) is 2.10. The number of benzene rings is 1. The van der Waals surface area contributed by atoms with Crippen LogP contribution in [0.3, 0.4) is 0 Å². The SMILES string of the molecule is CC[C@@H](CO)NC(C)c1ccc(-n2ccnc2)cc1. The predicted octanol–water partition coefficient (Wildman–Crippen LogP) is 2.29. The van der Waals surface area contributed by atoms with Crippen LogP contribution in [0.15, 0.2) is 43.0 Å². The van der Waals surface area contributed by atoms with E-state index in [9.17, 15) is 5.11 Å². The molecule has 2 aromatic rings. The molecule has 0 aliphatic rings. The third-order valence-corrected chi connectivity index (χ3v) is 3.39. The molecular formula is C15H21N3O. The summed E-state index contributed by atoms with van der Waals surface area (Å²) in [6.07, 6.45) is 6.41. The van der Waals surface area contributed by atoms with E-state index in [4.69, 9.17) is 0 Å². The van der Waals surface area contributed by atoms with Crippen molar-refractivity contribution in [1.29, 1.82) is 0 Å². The number of nitrogens with one attached hydrogen (secondary N) is 1. The predicted molar refractivity (Wildman–Crippen MR) is 76.3 cm³/mol. The fourth-order valence-electron chi connectivity index (χ4n) is 2.10. The molecular weight excluding hydrogens is 238 g/mol. The van der Waals surface area contributed by atoms with Crippen LogP contribution in [0.25, 0.3) is 5.69 Å². The van der Waals surface area contributed by atoms with Gasteiger partial charge < -0.3 is 15.0 Å². The lowest BCUT2D eigenvalue weighted by Crippen LogP contribution is -2.33. The van der Waals surface area contributed by atoms with Crippen molar-refractivity contribution in [2.75, 3.05) is 6.61 Å². The zero-order valence-corrected chi connectivity index (χ0v) is 11.5. The summed E-state index contributed by atoms with van der Waals surface area (Å²) in [5, 5.41) is 12.6. The Morgan fingerprint density at radius 1 is 1.32 bits per heavy atom. The van der Waals surface area contributed by atoms with Gasteiger partial charge in [-0.25, -0.2) is 4.98 Å². The minimum Gasteiger partial charge on any atom is -0.395 e. The molecule has 4 nitrogen and oxygen atoms in total. The van der Waals surface area contributed by atoms with E-state index in [1.807, 2.05) is 10.8 Å². The third kappa shape index (κ3) is 3.43. The monoisotopic (exact) mass is 259 g/mol. The van der Waals surface area contributed by atoms with Crippen LogP contribution in [-0.4, -0.2) is 27.3 Å². The van der Waals surface area contributed by atoms with Gasteiger partial charge in [0.1, 0.15) is 0 Å². The van der Waals surface area contributed by atoms with Gasteiger partial charge in [0, 0.05) is 30.2 Å².